The van der Waals surface area contributed by atoms with E-state index in [0.29, 0.717) is 30.5 Å². The lowest BCUT2D eigenvalue weighted by atomic mass is 10.1. The van der Waals surface area contributed by atoms with Crippen molar-refractivity contribution in [3.8, 4) is 11.5 Å². The molecule has 3 N–H and O–H groups in total. The van der Waals surface area contributed by atoms with Crippen molar-refractivity contribution in [2.75, 3.05) is 39.2 Å². The van der Waals surface area contributed by atoms with Gasteiger partial charge in [0.15, 0.2) is 17.5 Å². The van der Waals surface area contributed by atoms with Crippen LogP contribution in [0.25, 0.3) is 0 Å². The topological polar surface area (TPSA) is 84.0 Å². The number of rotatable bonds is 10. The van der Waals surface area contributed by atoms with E-state index in [-0.39, 0.29) is 36.4 Å². The van der Waals surface area contributed by atoms with Gasteiger partial charge in [-0.3, -0.25) is 4.79 Å². The van der Waals surface area contributed by atoms with E-state index in [4.69, 9.17) is 9.47 Å². The molecule has 0 atom stereocenters. The van der Waals surface area contributed by atoms with Crippen LogP contribution < -0.4 is 25.4 Å². The lowest BCUT2D eigenvalue weighted by molar-refractivity contribution is -0.114. The standard InChI is InChI=1S/C23H32N4O3.HI/c1-5-17-8-7-9-19(14-17)27-22(28)16-26-23(24-6-2)25-13-12-18-10-11-20(29-3)21(15-18)30-4;/h7-11,14-15H,5-6,12-13,16H2,1-4H3,(H,27,28)(H2,24,25,26);1H. The summed E-state index contributed by atoms with van der Waals surface area (Å²) >= 11 is 0. The van der Waals surface area contributed by atoms with Crippen molar-refractivity contribution in [2.24, 2.45) is 4.99 Å². The fraction of sp³-hybridized carbons (Fsp3) is 0.391. The predicted molar refractivity (Wildman–Crippen MR) is 137 cm³/mol. The van der Waals surface area contributed by atoms with Crippen LogP contribution in [-0.4, -0.2) is 45.7 Å². The molecule has 0 spiro atoms. The highest BCUT2D eigenvalue weighted by molar-refractivity contribution is 14.0. The summed E-state index contributed by atoms with van der Waals surface area (Å²) in [5.41, 5.74) is 3.09. The van der Waals surface area contributed by atoms with Crippen LogP contribution in [0.5, 0.6) is 11.5 Å². The van der Waals surface area contributed by atoms with Crippen LogP contribution in [0.3, 0.4) is 0 Å². The smallest absolute Gasteiger partial charge is 0.246 e. The van der Waals surface area contributed by atoms with Gasteiger partial charge in [-0.2, -0.15) is 0 Å². The van der Waals surface area contributed by atoms with Gasteiger partial charge in [-0.15, -0.1) is 24.0 Å². The molecule has 0 aromatic heterocycles. The highest BCUT2D eigenvalue weighted by Crippen LogP contribution is 2.27. The molecule has 2 rings (SSSR count). The van der Waals surface area contributed by atoms with Gasteiger partial charge < -0.3 is 25.4 Å². The van der Waals surface area contributed by atoms with E-state index in [9.17, 15) is 4.79 Å². The van der Waals surface area contributed by atoms with Crippen LogP contribution in [0, 0.1) is 0 Å². The molecule has 31 heavy (non-hydrogen) atoms. The van der Waals surface area contributed by atoms with E-state index in [0.717, 1.165) is 24.1 Å². The Morgan fingerprint density at radius 1 is 0.968 bits per heavy atom. The Morgan fingerprint density at radius 3 is 2.42 bits per heavy atom. The Kier molecular flexibility index (Phi) is 12.4. The van der Waals surface area contributed by atoms with Crippen LogP contribution in [0.15, 0.2) is 47.5 Å². The number of carbonyl (C=O) groups excluding carboxylic acids is 1. The molecule has 0 bridgehead atoms. The molecule has 7 nitrogen and oxygen atoms in total. The number of benzene rings is 2. The second-order valence-electron chi connectivity index (χ2n) is 6.66. The molecule has 0 aliphatic carbocycles. The minimum Gasteiger partial charge on any atom is -0.493 e. The summed E-state index contributed by atoms with van der Waals surface area (Å²) in [7, 11) is 3.24. The number of halogens is 1. The molecular weight excluding hydrogens is 507 g/mol. The fourth-order valence-corrected chi connectivity index (χ4v) is 2.92. The number of anilines is 1. The van der Waals surface area contributed by atoms with Crippen LogP contribution in [0.4, 0.5) is 5.69 Å². The number of hydrogen-bond donors (Lipinski definition) is 3. The van der Waals surface area contributed by atoms with E-state index >= 15 is 0 Å². The average molecular weight is 540 g/mol. The number of amides is 1. The van der Waals surface area contributed by atoms with E-state index in [1.807, 2.05) is 49.4 Å². The molecule has 8 heteroatoms. The summed E-state index contributed by atoms with van der Waals surface area (Å²) in [5, 5.41) is 9.31. The monoisotopic (exact) mass is 540 g/mol. The second-order valence-corrected chi connectivity index (χ2v) is 6.66. The SMILES string of the molecule is CCNC(=NCC(=O)Nc1cccc(CC)c1)NCCc1ccc(OC)c(OC)c1.I. The van der Waals surface area contributed by atoms with Crippen molar-refractivity contribution in [2.45, 2.75) is 26.7 Å². The lowest BCUT2D eigenvalue weighted by Crippen LogP contribution is -2.39. The molecule has 2 aromatic rings. The van der Waals surface area contributed by atoms with Gasteiger partial charge in [0.25, 0.3) is 0 Å². The maximum absolute atomic E-state index is 12.2. The zero-order valence-corrected chi connectivity index (χ0v) is 21.0. The first-order valence-corrected chi connectivity index (χ1v) is 10.2. The largest absolute Gasteiger partial charge is 0.493 e. The van der Waals surface area contributed by atoms with Gasteiger partial charge in [-0.1, -0.05) is 25.1 Å². The molecule has 0 saturated heterocycles. The van der Waals surface area contributed by atoms with Crippen LogP contribution >= 0.6 is 24.0 Å². The van der Waals surface area contributed by atoms with E-state index in [2.05, 4.69) is 27.9 Å². The number of carbonyl (C=O) groups is 1. The first kappa shape index (κ1) is 26.5. The second kappa shape index (κ2) is 14.5. The zero-order valence-electron chi connectivity index (χ0n) is 18.7. The summed E-state index contributed by atoms with van der Waals surface area (Å²) in [6, 6.07) is 13.7. The molecule has 0 aliphatic heterocycles. The molecule has 170 valence electrons. The van der Waals surface area contributed by atoms with Crippen molar-refractivity contribution in [1.29, 1.82) is 0 Å². The summed E-state index contributed by atoms with van der Waals surface area (Å²) in [6.07, 6.45) is 1.71. The highest BCUT2D eigenvalue weighted by atomic mass is 127. The zero-order chi connectivity index (χ0) is 21.8. The Balaban J connectivity index is 0.00000480. The Bertz CT molecular complexity index is 858. The summed E-state index contributed by atoms with van der Waals surface area (Å²) in [4.78, 5) is 16.6. The molecule has 0 fully saturated rings. The number of aliphatic imine (C=N–C) groups is 1. The molecule has 0 heterocycles. The molecule has 0 radical (unpaired) electrons. The first-order valence-electron chi connectivity index (χ1n) is 10.2. The first-order chi connectivity index (χ1) is 14.6. The van der Waals surface area contributed by atoms with Gasteiger partial charge in [-0.05, 0) is 55.2 Å². The van der Waals surface area contributed by atoms with E-state index < -0.39 is 0 Å². The molecule has 1 amide bonds. The predicted octanol–water partition coefficient (Wildman–Crippen LogP) is 3.62. The number of ether oxygens (including phenoxy) is 2. The fourth-order valence-electron chi connectivity index (χ4n) is 2.92. The van der Waals surface area contributed by atoms with Gasteiger partial charge in [-0.25, -0.2) is 4.99 Å². The molecule has 0 aliphatic rings. The normalized spacial score (nSPS) is 10.6. The quantitative estimate of drug-likeness (QED) is 0.244. The van der Waals surface area contributed by atoms with Crippen molar-refractivity contribution in [3.63, 3.8) is 0 Å². The third-order valence-electron chi connectivity index (χ3n) is 4.50. The maximum Gasteiger partial charge on any atom is 0.246 e. The van der Waals surface area contributed by atoms with Crippen LogP contribution in [-0.2, 0) is 17.6 Å². The average Bonchev–Trinajstić information content (AvgIpc) is 2.77. The third-order valence-corrected chi connectivity index (χ3v) is 4.50. The van der Waals surface area contributed by atoms with Crippen molar-refractivity contribution in [1.82, 2.24) is 10.6 Å². The van der Waals surface area contributed by atoms with Gasteiger partial charge in [0, 0.05) is 18.8 Å². The van der Waals surface area contributed by atoms with Gasteiger partial charge in [0.2, 0.25) is 5.91 Å². The Hall–Kier alpha value is -2.49. The summed E-state index contributed by atoms with van der Waals surface area (Å²) in [5.74, 6) is 1.87. The van der Waals surface area contributed by atoms with Crippen LogP contribution in [0.1, 0.15) is 25.0 Å². The summed E-state index contributed by atoms with van der Waals surface area (Å²) < 4.78 is 10.6. The number of hydrogen-bond acceptors (Lipinski definition) is 4. The maximum atomic E-state index is 12.2. The minimum absolute atomic E-state index is 0. The minimum atomic E-state index is -0.152. The van der Waals surface area contributed by atoms with Gasteiger partial charge >= 0.3 is 0 Å². The lowest BCUT2D eigenvalue weighted by Gasteiger charge is -2.13. The van der Waals surface area contributed by atoms with E-state index in [1.165, 1.54) is 5.56 Å². The van der Waals surface area contributed by atoms with Gasteiger partial charge in [0.05, 0.1) is 14.2 Å². The Morgan fingerprint density at radius 2 is 1.74 bits per heavy atom. The molecule has 2 aromatic carbocycles. The van der Waals surface area contributed by atoms with Crippen LogP contribution in [0.2, 0.25) is 0 Å². The molecule has 0 saturated carbocycles. The van der Waals surface area contributed by atoms with Crippen molar-refractivity contribution in [3.05, 3.63) is 53.6 Å². The van der Waals surface area contributed by atoms with E-state index in [1.54, 1.807) is 14.2 Å². The summed E-state index contributed by atoms with van der Waals surface area (Å²) in [6.45, 7) is 5.50. The molecule has 0 unspecified atom stereocenters. The number of nitrogens with zero attached hydrogens (tertiary/aromatic N) is 1. The molecular formula is C23H33IN4O3. The Labute approximate surface area is 202 Å². The number of aryl methyl sites for hydroxylation is 1. The number of nitrogens with one attached hydrogen (secondary N) is 3. The van der Waals surface area contributed by atoms with Gasteiger partial charge in [0.1, 0.15) is 6.54 Å². The van der Waals surface area contributed by atoms with Crippen molar-refractivity contribution >= 4 is 41.5 Å². The number of guanidine groups is 1. The highest BCUT2D eigenvalue weighted by Gasteiger charge is 2.06. The number of methoxy groups -OCH3 is 2. The third kappa shape index (κ3) is 9.04. The van der Waals surface area contributed by atoms with Crippen molar-refractivity contribution < 1.29 is 14.3 Å².